The van der Waals surface area contributed by atoms with Crippen LogP contribution in [-0.2, 0) is 11.3 Å². The Bertz CT molecular complexity index is 349. The summed E-state index contributed by atoms with van der Waals surface area (Å²) in [6.07, 6.45) is 0. The maximum atomic E-state index is 11.0. The number of rotatable bonds is 1. The van der Waals surface area contributed by atoms with Gasteiger partial charge < -0.3 is 16.4 Å². The lowest BCUT2D eigenvalue weighted by atomic mass is 10.1. The number of nitrogens with two attached hydrogens (primary N) is 1. The number of para-hydroxylation sites is 1. The minimum absolute atomic E-state index is 0.0123. The third-order valence-corrected chi connectivity index (χ3v) is 2.07. The lowest BCUT2D eigenvalue weighted by Gasteiger charge is -2.20. The molecule has 13 heavy (non-hydrogen) atoms. The second-order valence-electron chi connectivity index (χ2n) is 2.95. The Balaban J connectivity index is 2.45. The van der Waals surface area contributed by atoms with Crippen molar-refractivity contribution in [1.82, 2.24) is 0 Å². The standard InChI is InChI=1S/C9H11N3O/c10-4-6-2-1-3-7-9(6)11-5-8(13)12-7/h1-3,11H,4-5,10H2,(H,12,13). The largest absolute Gasteiger partial charge is 0.374 e. The lowest BCUT2D eigenvalue weighted by Crippen LogP contribution is -2.28. The maximum absolute atomic E-state index is 11.0. The van der Waals surface area contributed by atoms with Crippen molar-refractivity contribution in [3.8, 4) is 0 Å². The summed E-state index contributed by atoms with van der Waals surface area (Å²) in [6, 6.07) is 5.69. The monoisotopic (exact) mass is 177 g/mol. The number of hydrogen-bond donors (Lipinski definition) is 3. The zero-order chi connectivity index (χ0) is 9.26. The normalized spacial score (nSPS) is 14.4. The van der Waals surface area contributed by atoms with Crippen LogP contribution in [0.1, 0.15) is 5.56 Å². The van der Waals surface area contributed by atoms with E-state index in [-0.39, 0.29) is 5.91 Å². The van der Waals surface area contributed by atoms with Gasteiger partial charge in [0, 0.05) is 6.54 Å². The second kappa shape index (κ2) is 3.06. The van der Waals surface area contributed by atoms with Crippen LogP contribution in [0.3, 0.4) is 0 Å². The molecule has 0 aromatic heterocycles. The minimum Gasteiger partial charge on any atom is -0.374 e. The van der Waals surface area contributed by atoms with Gasteiger partial charge in [0.15, 0.2) is 0 Å². The van der Waals surface area contributed by atoms with Gasteiger partial charge in [0.25, 0.3) is 0 Å². The van der Waals surface area contributed by atoms with Crippen LogP contribution >= 0.6 is 0 Å². The molecular formula is C9H11N3O. The Morgan fingerprint density at radius 2 is 2.31 bits per heavy atom. The molecule has 4 heteroatoms. The van der Waals surface area contributed by atoms with Gasteiger partial charge in [0.2, 0.25) is 5.91 Å². The van der Waals surface area contributed by atoms with Crippen molar-refractivity contribution in [2.45, 2.75) is 6.54 Å². The van der Waals surface area contributed by atoms with Crippen molar-refractivity contribution in [1.29, 1.82) is 0 Å². The second-order valence-corrected chi connectivity index (χ2v) is 2.95. The molecule has 0 fully saturated rings. The van der Waals surface area contributed by atoms with E-state index in [0.29, 0.717) is 13.1 Å². The highest BCUT2D eigenvalue weighted by Crippen LogP contribution is 2.27. The van der Waals surface area contributed by atoms with E-state index in [1.54, 1.807) is 0 Å². The van der Waals surface area contributed by atoms with Gasteiger partial charge >= 0.3 is 0 Å². The first-order valence-electron chi connectivity index (χ1n) is 4.17. The fourth-order valence-electron chi connectivity index (χ4n) is 1.45. The molecule has 0 aliphatic carbocycles. The zero-order valence-electron chi connectivity index (χ0n) is 7.13. The Labute approximate surface area is 76.1 Å². The summed E-state index contributed by atoms with van der Waals surface area (Å²) in [7, 11) is 0. The Morgan fingerprint density at radius 3 is 3.08 bits per heavy atom. The van der Waals surface area contributed by atoms with Gasteiger partial charge in [-0.25, -0.2) is 0 Å². The summed E-state index contributed by atoms with van der Waals surface area (Å²) in [5, 5.41) is 5.82. The van der Waals surface area contributed by atoms with Gasteiger partial charge in [-0.3, -0.25) is 4.79 Å². The maximum Gasteiger partial charge on any atom is 0.243 e. The summed E-state index contributed by atoms with van der Waals surface area (Å²) < 4.78 is 0. The Kier molecular flexibility index (Phi) is 1.90. The molecule has 1 aromatic rings. The lowest BCUT2D eigenvalue weighted by molar-refractivity contribution is -0.114. The van der Waals surface area contributed by atoms with Gasteiger partial charge in [-0.15, -0.1) is 0 Å². The first kappa shape index (κ1) is 8.07. The van der Waals surface area contributed by atoms with Crippen molar-refractivity contribution in [3.63, 3.8) is 0 Å². The fraction of sp³-hybridized carbons (Fsp3) is 0.222. The number of anilines is 2. The number of hydrogen-bond acceptors (Lipinski definition) is 3. The van der Waals surface area contributed by atoms with Crippen molar-refractivity contribution < 1.29 is 4.79 Å². The van der Waals surface area contributed by atoms with E-state index in [1.165, 1.54) is 0 Å². The van der Waals surface area contributed by atoms with Crippen LogP contribution in [0, 0.1) is 0 Å². The van der Waals surface area contributed by atoms with E-state index in [0.717, 1.165) is 16.9 Å². The quantitative estimate of drug-likeness (QED) is 0.585. The Morgan fingerprint density at radius 1 is 1.46 bits per heavy atom. The van der Waals surface area contributed by atoms with Gasteiger partial charge in [-0.05, 0) is 11.6 Å². The van der Waals surface area contributed by atoms with E-state index in [9.17, 15) is 4.79 Å². The SMILES string of the molecule is NCc1cccc2c1NCC(=O)N2. The van der Waals surface area contributed by atoms with Crippen LogP contribution in [0.2, 0.25) is 0 Å². The van der Waals surface area contributed by atoms with Crippen molar-refractivity contribution in [2.24, 2.45) is 5.73 Å². The minimum atomic E-state index is -0.0123. The first-order valence-corrected chi connectivity index (χ1v) is 4.17. The highest BCUT2D eigenvalue weighted by atomic mass is 16.2. The molecule has 4 nitrogen and oxygen atoms in total. The molecule has 4 N–H and O–H groups in total. The molecule has 0 spiro atoms. The molecule has 68 valence electrons. The predicted octanol–water partition coefficient (Wildman–Crippen LogP) is 0.509. The van der Waals surface area contributed by atoms with E-state index in [4.69, 9.17) is 5.73 Å². The van der Waals surface area contributed by atoms with Gasteiger partial charge in [0.1, 0.15) is 0 Å². The number of carbonyl (C=O) groups is 1. The number of carbonyl (C=O) groups excluding carboxylic acids is 1. The molecule has 0 radical (unpaired) electrons. The van der Waals surface area contributed by atoms with E-state index in [2.05, 4.69) is 10.6 Å². The molecule has 0 unspecified atom stereocenters. The highest BCUT2D eigenvalue weighted by Gasteiger charge is 2.15. The van der Waals surface area contributed by atoms with Crippen LogP contribution in [0.15, 0.2) is 18.2 Å². The highest BCUT2D eigenvalue weighted by molar-refractivity contribution is 6.01. The average molecular weight is 177 g/mol. The third kappa shape index (κ3) is 1.36. The third-order valence-electron chi connectivity index (χ3n) is 2.07. The van der Waals surface area contributed by atoms with Gasteiger partial charge in [0.05, 0.1) is 17.9 Å². The summed E-state index contributed by atoms with van der Waals surface area (Å²) in [5.41, 5.74) is 8.35. The summed E-state index contributed by atoms with van der Waals surface area (Å²) >= 11 is 0. The van der Waals surface area contributed by atoms with Gasteiger partial charge in [-0.2, -0.15) is 0 Å². The van der Waals surface area contributed by atoms with Crippen LogP contribution in [0.5, 0.6) is 0 Å². The number of fused-ring (bicyclic) bond motifs is 1. The summed E-state index contributed by atoms with van der Waals surface area (Å²) in [5.74, 6) is -0.0123. The van der Waals surface area contributed by atoms with Crippen LogP contribution < -0.4 is 16.4 Å². The van der Waals surface area contributed by atoms with E-state index in [1.807, 2.05) is 18.2 Å². The molecule has 0 bridgehead atoms. The zero-order valence-corrected chi connectivity index (χ0v) is 7.13. The molecular weight excluding hydrogens is 166 g/mol. The molecule has 0 saturated carbocycles. The molecule has 1 amide bonds. The molecule has 0 atom stereocenters. The molecule has 1 heterocycles. The van der Waals surface area contributed by atoms with Crippen LogP contribution in [-0.4, -0.2) is 12.5 Å². The molecule has 2 rings (SSSR count). The molecule has 1 aliphatic rings. The smallest absolute Gasteiger partial charge is 0.243 e. The molecule has 0 saturated heterocycles. The average Bonchev–Trinajstić information content (AvgIpc) is 2.16. The predicted molar refractivity (Wildman–Crippen MR) is 51.5 cm³/mol. The topological polar surface area (TPSA) is 67.1 Å². The van der Waals surface area contributed by atoms with Crippen molar-refractivity contribution in [2.75, 3.05) is 17.2 Å². The summed E-state index contributed by atoms with van der Waals surface area (Å²) in [6.45, 7) is 0.802. The number of benzene rings is 1. The van der Waals surface area contributed by atoms with Gasteiger partial charge in [-0.1, -0.05) is 12.1 Å². The van der Waals surface area contributed by atoms with Crippen LogP contribution in [0.25, 0.3) is 0 Å². The number of amides is 1. The van der Waals surface area contributed by atoms with E-state index < -0.39 is 0 Å². The van der Waals surface area contributed by atoms with Crippen molar-refractivity contribution >= 4 is 17.3 Å². The first-order chi connectivity index (χ1) is 6.31. The molecule has 1 aromatic carbocycles. The Hall–Kier alpha value is -1.55. The fourth-order valence-corrected chi connectivity index (χ4v) is 1.45. The summed E-state index contributed by atoms with van der Waals surface area (Å²) in [4.78, 5) is 11.0. The molecule has 1 aliphatic heterocycles. The number of nitrogens with one attached hydrogen (secondary N) is 2. The van der Waals surface area contributed by atoms with Crippen LogP contribution in [0.4, 0.5) is 11.4 Å². The van der Waals surface area contributed by atoms with Crippen molar-refractivity contribution in [3.05, 3.63) is 23.8 Å². The van der Waals surface area contributed by atoms with E-state index >= 15 is 0 Å².